The number of rotatable bonds is 6. The van der Waals surface area contributed by atoms with Crippen LogP contribution in [0.5, 0.6) is 17.2 Å². The molecular formula is C16H25NO3. The lowest BCUT2D eigenvalue weighted by Gasteiger charge is -2.25. The van der Waals surface area contributed by atoms with Gasteiger partial charge in [0.25, 0.3) is 0 Å². The van der Waals surface area contributed by atoms with Gasteiger partial charge in [-0.1, -0.05) is 12.8 Å². The molecule has 0 atom stereocenters. The molecule has 0 aliphatic heterocycles. The second kappa shape index (κ2) is 6.35. The summed E-state index contributed by atoms with van der Waals surface area (Å²) in [5.74, 6) is 2.06. The van der Waals surface area contributed by atoms with Gasteiger partial charge in [0.1, 0.15) is 0 Å². The predicted octanol–water partition coefficient (Wildman–Crippen LogP) is 3.13. The van der Waals surface area contributed by atoms with E-state index in [0.717, 1.165) is 12.1 Å². The first-order valence-corrected chi connectivity index (χ1v) is 7.16. The van der Waals surface area contributed by atoms with Crippen LogP contribution in [0.2, 0.25) is 0 Å². The van der Waals surface area contributed by atoms with E-state index in [0.29, 0.717) is 17.2 Å². The molecule has 0 aromatic heterocycles. The van der Waals surface area contributed by atoms with Crippen molar-refractivity contribution in [2.45, 2.75) is 44.7 Å². The maximum Gasteiger partial charge on any atom is 0.203 e. The van der Waals surface area contributed by atoms with E-state index >= 15 is 0 Å². The lowest BCUT2D eigenvalue weighted by atomic mass is 10.00. The Morgan fingerprint density at radius 1 is 1.00 bits per heavy atom. The summed E-state index contributed by atoms with van der Waals surface area (Å²) < 4.78 is 16.1. The van der Waals surface area contributed by atoms with Crippen molar-refractivity contribution < 1.29 is 14.2 Å². The zero-order valence-corrected chi connectivity index (χ0v) is 12.9. The van der Waals surface area contributed by atoms with E-state index in [-0.39, 0.29) is 5.54 Å². The van der Waals surface area contributed by atoms with Gasteiger partial charge in [-0.3, -0.25) is 0 Å². The monoisotopic (exact) mass is 279 g/mol. The molecule has 0 bridgehead atoms. The average molecular weight is 279 g/mol. The van der Waals surface area contributed by atoms with Crippen molar-refractivity contribution in [1.82, 2.24) is 5.32 Å². The lowest BCUT2D eigenvalue weighted by Crippen LogP contribution is -2.38. The van der Waals surface area contributed by atoms with Crippen LogP contribution >= 0.6 is 0 Å². The van der Waals surface area contributed by atoms with Crippen LogP contribution in [-0.2, 0) is 6.54 Å². The van der Waals surface area contributed by atoms with Crippen LogP contribution in [0.4, 0.5) is 0 Å². The predicted molar refractivity (Wildman–Crippen MR) is 79.8 cm³/mol. The molecule has 0 amide bonds. The fourth-order valence-corrected chi connectivity index (χ4v) is 2.89. The van der Waals surface area contributed by atoms with Gasteiger partial charge in [-0.25, -0.2) is 0 Å². The molecule has 1 fully saturated rings. The van der Waals surface area contributed by atoms with E-state index in [2.05, 4.69) is 12.2 Å². The standard InChI is InChI=1S/C16H25NO3/c1-16(7-5-6-8-16)17-11-12-9-13(18-2)15(20-4)14(10-12)19-3/h9-10,17H,5-8,11H2,1-4H3. The zero-order valence-electron chi connectivity index (χ0n) is 12.9. The fraction of sp³-hybridized carbons (Fsp3) is 0.625. The molecule has 20 heavy (non-hydrogen) atoms. The van der Waals surface area contributed by atoms with Gasteiger partial charge in [0, 0.05) is 12.1 Å². The van der Waals surface area contributed by atoms with Crippen LogP contribution in [0, 0.1) is 0 Å². The molecule has 0 heterocycles. The number of methoxy groups -OCH3 is 3. The number of ether oxygens (including phenoxy) is 3. The zero-order chi connectivity index (χ0) is 14.6. The molecule has 112 valence electrons. The van der Waals surface area contributed by atoms with Gasteiger partial charge in [-0.05, 0) is 37.5 Å². The molecule has 0 unspecified atom stereocenters. The Morgan fingerprint density at radius 3 is 2.00 bits per heavy atom. The van der Waals surface area contributed by atoms with Gasteiger partial charge >= 0.3 is 0 Å². The van der Waals surface area contributed by atoms with Gasteiger partial charge in [0.15, 0.2) is 11.5 Å². The quantitative estimate of drug-likeness (QED) is 0.868. The summed E-state index contributed by atoms with van der Waals surface area (Å²) in [7, 11) is 4.91. The largest absolute Gasteiger partial charge is 0.493 e. The Morgan fingerprint density at radius 2 is 1.55 bits per heavy atom. The Bertz CT molecular complexity index is 428. The third-order valence-electron chi connectivity index (χ3n) is 4.15. The molecule has 4 heteroatoms. The van der Waals surface area contributed by atoms with Gasteiger partial charge in [0.2, 0.25) is 5.75 Å². The highest BCUT2D eigenvalue weighted by Crippen LogP contribution is 2.38. The summed E-state index contributed by atoms with van der Waals surface area (Å²) in [4.78, 5) is 0. The van der Waals surface area contributed by atoms with Crippen molar-refractivity contribution in [3.05, 3.63) is 17.7 Å². The molecule has 1 aromatic carbocycles. The highest BCUT2D eigenvalue weighted by molar-refractivity contribution is 5.53. The third-order valence-corrected chi connectivity index (χ3v) is 4.15. The van der Waals surface area contributed by atoms with E-state index in [1.165, 1.54) is 25.7 Å². The Kier molecular flexibility index (Phi) is 4.76. The Labute approximate surface area is 121 Å². The van der Waals surface area contributed by atoms with Crippen molar-refractivity contribution in [3.8, 4) is 17.2 Å². The second-order valence-corrected chi connectivity index (χ2v) is 5.65. The van der Waals surface area contributed by atoms with Gasteiger partial charge < -0.3 is 19.5 Å². The molecule has 4 nitrogen and oxygen atoms in total. The smallest absolute Gasteiger partial charge is 0.203 e. The summed E-state index contributed by atoms with van der Waals surface area (Å²) in [5, 5.41) is 3.66. The van der Waals surface area contributed by atoms with Crippen LogP contribution in [0.1, 0.15) is 38.2 Å². The molecule has 1 saturated carbocycles. The first-order valence-electron chi connectivity index (χ1n) is 7.16. The lowest BCUT2D eigenvalue weighted by molar-refractivity contribution is 0.322. The number of benzene rings is 1. The maximum absolute atomic E-state index is 5.38. The summed E-state index contributed by atoms with van der Waals surface area (Å²) >= 11 is 0. The highest BCUT2D eigenvalue weighted by Gasteiger charge is 2.27. The minimum Gasteiger partial charge on any atom is -0.493 e. The molecule has 0 saturated heterocycles. The number of hydrogen-bond donors (Lipinski definition) is 1. The van der Waals surface area contributed by atoms with Gasteiger partial charge in [0.05, 0.1) is 21.3 Å². The van der Waals surface area contributed by atoms with E-state index in [1.807, 2.05) is 12.1 Å². The van der Waals surface area contributed by atoms with Crippen LogP contribution < -0.4 is 19.5 Å². The van der Waals surface area contributed by atoms with Crippen molar-refractivity contribution in [2.75, 3.05) is 21.3 Å². The van der Waals surface area contributed by atoms with Crippen LogP contribution in [0.3, 0.4) is 0 Å². The molecular weight excluding hydrogens is 254 g/mol. The van der Waals surface area contributed by atoms with Crippen LogP contribution in [-0.4, -0.2) is 26.9 Å². The first-order chi connectivity index (χ1) is 9.61. The van der Waals surface area contributed by atoms with Crippen molar-refractivity contribution in [2.24, 2.45) is 0 Å². The molecule has 1 aliphatic carbocycles. The topological polar surface area (TPSA) is 39.7 Å². The number of hydrogen-bond acceptors (Lipinski definition) is 4. The molecule has 1 aliphatic rings. The average Bonchev–Trinajstić information content (AvgIpc) is 2.91. The van der Waals surface area contributed by atoms with Gasteiger partial charge in [-0.2, -0.15) is 0 Å². The summed E-state index contributed by atoms with van der Waals surface area (Å²) in [5.41, 5.74) is 1.41. The van der Waals surface area contributed by atoms with Gasteiger partial charge in [-0.15, -0.1) is 0 Å². The van der Waals surface area contributed by atoms with E-state index < -0.39 is 0 Å². The molecule has 1 N–H and O–H groups in total. The Hall–Kier alpha value is -1.42. The van der Waals surface area contributed by atoms with Crippen LogP contribution in [0.15, 0.2) is 12.1 Å². The van der Waals surface area contributed by atoms with Crippen LogP contribution in [0.25, 0.3) is 0 Å². The summed E-state index contributed by atoms with van der Waals surface area (Å²) in [6, 6.07) is 4.01. The summed E-state index contributed by atoms with van der Waals surface area (Å²) in [6.07, 6.45) is 5.13. The normalized spacial score (nSPS) is 17.0. The van der Waals surface area contributed by atoms with E-state index in [9.17, 15) is 0 Å². The van der Waals surface area contributed by atoms with E-state index in [4.69, 9.17) is 14.2 Å². The Balaban J connectivity index is 2.15. The first kappa shape index (κ1) is 15.0. The minimum absolute atomic E-state index is 0.264. The second-order valence-electron chi connectivity index (χ2n) is 5.65. The fourth-order valence-electron chi connectivity index (χ4n) is 2.89. The van der Waals surface area contributed by atoms with Crippen molar-refractivity contribution in [1.29, 1.82) is 0 Å². The highest BCUT2D eigenvalue weighted by atomic mass is 16.5. The maximum atomic E-state index is 5.38. The number of nitrogens with one attached hydrogen (secondary N) is 1. The summed E-state index contributed by atoms with van der Waals surface area (Å²) in [6.45, 7) is 3.12. The van der Waals surface area contributed by atoms with Crippen molar-refractivity contribution in [3.63, 3.8) is 0 Å². The van der Waals surface area contributed by atoms with E-state index in [1.54, 1.807) is 21.3 Å². The molecule has 1 aromatic rings. The third kappa shape index (κ3) is 3.18. The molecule has 0 spiro atoms. The minimum atomic E-state index is 0.264. The van der Waals surface area contributed by atoms with Crippen molar-refractivity contribution >= 4 is 0 Å². The molecule has 0 radical (unpaired) electrons. The molecule has 2 rings (SSSR count). The SMILES string of the molecule is COc1cc(CNC2(C)CCCC2)cc(OC)c1OC.